The highest BCUT2D eigenvalue weighted by atomic mass is 19.4. The van der Waals surface area contributed by atoms with E-state index in [2.05, 4.69) is 9.97 Å². The quantitative estimate of drug-likeness (QED) is 0.626. The Hall–Kier alpha value is -2.90. The molecule has 3 aromatic heterocycles. The van der Waals surface area contributed by atoms with Crippen LogP contribution in [-0.4, -0.2) is 26.8 Å². The van der Waals surface area contributed by atoms with Crippen LogP contribution in [0, 0.1) is 13.8 Å². The molecule has 142 valence electrons. The van der Waals surface area contributed by atoms with E-state index >= 15 is 0 Å². The summed E-state index contributed by atoms with van der Waals surface area (Å²) in [6.45, 7) is 5.97. The van der Waals surface area contributed by atoms with Crippen molar-refractivity contribution in [3.05, 3.63) is 58.8 Å². The van der Waals surface area contributed by atoms with E-state index in [0.29, 0.717) is 23.6 Å². The van der Waals surface area contributed by atoms with E-state index in [1.807, 2.05) is 25.2 Å². The number of pyridine rings is 2. The van der Waals surface area contributed by atoms with Gasteiger partial charge in [-0.3, -0.25) is 4.79 Å². The summed E-state index contributed by atoms with van der Waals surface area (Å²) >= 11 is 0. The van der Waals surface area contributed by atoms with Gasteiger partial charge in [-0.2, -0.15) is 13.2 Å². The number of Topliss-reactive ketones (excluding diaryl/α,β-unsaturated/α-hetero) is 1. The van der Waals surface area contributed by atoms with Crippen molar-refractivity contribution in [2.24, 2.45) is 0 Å². The molecule has 0 saturated heterocycles. The van der Waals surface area contributed by atoms with E-state index in [4.69, 9.17) is 4.74 Å². The number of rotatable bonds is 5. The van der Waals surface area contributed by atoms with Crippen LogP contribution >= 0.6 is 0 Å². The second kappa shape index (κ2) is 7.02. The zero-order chi connectivity index (χ0) is 19.8. The number of ketones is 1. The summed E-state index contributed by atoms with van der Waals surface area (Å²) in [7, 11) is 0. The van der Waals surface area contributed by atoms with Crippen molar-refractivity contribution in [2.75, 3.05) is 6.61 Å². The summed E-state index contributed by atoms with van der Waals surface area (Å²) < 4.78 is 46.0. The first-order valence-electron chi connectivity index (χ1n) is 8.39. The Morgan fingerprint density at radius 3 is 2.63 bits per heavy atom. The van der Waals surface area contributed by atoms with Crippen molar-refractivity contribution in [1.29, 1.82) is 0 Å². The van der Waals surface area contributed by atoms with Crippen LogP contribution < -0.4 is 4.74 Å². The van der Waals surface area contributed by atoms with E-state index in [1.54, 1.807) is 12.3 Å². The Bertz CT molecular complexity index is 1010. The Kier molecular flexibility index (Phi) is 4.91. The number of aryl methyl sites for hydroxylation is 2. The summed E-state index contributed by atoms with van der Waals surface area (Å²) in [5.41, 5.74) is 1.69. The number of aromatic nitrogens is 3. The topological polar surface area (TPSA) is 56.5 Å². The maximum absolute atomic E-state index is 12.8. The summed E-state index contributed by atoms with van der Waals surface area (Å²) in [5.74, 6) is -0.0359. The molecular formula is C19H18F3N3O2. The average molecular weight is 377 g/mol. The predicted octanol–water partition coefficient (Wildman–Crippen LogP) is 4.19. The van der Waals surface area contributed by atoms with E-state index in [1.165, 1.54) is 12.1 Å². The molecular weight excluding hydrogens is 359 g/mol. The van der Waals surface area contributed by atoms with Gasteiger partial charge < -0.3 is 9.14 Å². The molecule has 5 nitrogen and oxygen atoms in total. The van der Waals surface area contributed by atoms with Gasteiger partial charge in [-0.25, -0.2) is 9.97 Å². The molecule has 27 heavy (non-hydrogen) atoms. The molecule has 0 aliphatic rings. The smallest absolute Gasteiger partial charge is 0.433 e. The predicted molar refractivity (Wildman–Crippen MR) is 93.1 cm³/mol. The first kappa shape index (κ1) is 18.9. The molecule has 0 atom stereocenters. The molecule has 0 saturated carbocycles. The fourth-order valence-corrected chi connectivity index (χ4v) is 2.78. The Labute approximate surface area is 153 Å². The average Bonchev–Trinajstić information content (AvgIpc) is 2.88. The number of carbonyl (C=O) groups excluding carboxylic acids is 1. The molecule has 3 heterocycles. The lowest BCUT2D eigenvalue weighted by molar-refractivity contribution is -0.141. The Balaban J connectivity index is 1.99. The van der Waals surface area contributed by atoms with Crippen LogP contribution in [0.2, 0.25) is 0 Å². The molecule has 0 fully saturated rings. The lowest BCUT2D eigenvalue weighted by Gasteiger charge is -2.12. The van der Waals surface area contributed by atoms with Crippen LogP contribution in [0.4, 0.5) is 13.2 Å². The largest absolute Gasteiger partial charge is 0.493 e. The van der Waals surface area contributed by atoms with E-state index in [-0.39, 0.29) is 12.1 Å². The van der Waals surface area contributed by atoms with Gasteiger partial charge in [0.05, 0.1) is 12.3 Å². The van der Waals surface area contributed by atoms with Gasteiger partial charge in [-0.05, 0) is 32.9 Å². The highest BCUT2D eigenvalue weighted by Crippen LogP contribution is 2.28. The number of hydrogen-bond donors (Lipinski definition) is 0. The number of ether oxygens (including phenoxy) is 1. The van der Waals surface area contributed by atoms with Gasteiger partial charge in [0.15, 0.2) is 5.78 Å². The lowest BCUT2D eigenvalue weighted by atomic mass is 10.1. The van der Waals surface area contributed by atoms with Crippen molar-refractivity contribution < 1.29 is 22.7 Å². The SMILES string of the molecule is CCOc1cc2nc(C)c(C)n2cc1CC(=O)c1cccc(C(F)(F)F)n1. The minimum absolute atomic E-state index is 0.129. The van der Waals surface area contributed by atoms with Crippen LogP contribution in [0.1, 0.15) is 40.1 Å². The number of halogens is 3. The highest BCUT2D eigenvalue weighted by Gasteiger charge is 2.33. The monoisotopic (exact) mass is 377 g/mol. The molecule has 0 unspecified atom stereocenters. The fourth-order valence-electron chi connectivity index (χ4n) is 2.78. The molecule has 8 heteroatoms. The van der Waals surface area contributed by atoms with Gasteiger partial charge in [-0.15, -0.1) is 0 Å². The minimum atomic E-state index is -4.60. The molecule has 0 amide bonds. The lowest BCUT2D eigenvalue weighted by Crippen LogP contribution is -2.13. The van der Waals surface area contributed by atoms with E-state index in [9.17, 15) is 18.0 Å². The third kappa shape index (κ3) is 3.79. The van der Waals surface area contributed by atoms with Crippen LogP contribution in [0.25, 0.3) is 5.65 Å². The maximum Gasteiger partial charge on any atom is 0.433 e. The number of hydrogen-bond acceptors (Lipinski definition) is 4. The maximum atomic E-state index is 12.8. The van der Waals surface area contributed by atoms with Crippen molar-refractivity contribution in [3.63, 3.8) is 0 Å². The highest BCUT2D eigenvalue weighted by molar-refractivity contribution is 5.96. The molecule has 0 radical (unpaired) electrons. The number of fused-ring (bicyclic) bond motifs is 1. The second-order valence-corrected chi connectivity index (χ2v) is 6.11. The van der Waals surface area contributed by atoms with Crippen LogP contribution in [-0.2, 0) is 12.6 Å². The standard InChI is InChI=1S/C19H18F3N3O2/c1-4-27-16-9-18-23-11(2)12(3)25(18)10-13(16)8-15(26)14-6-5-7-17(24-14)19(20,21)22/h5-7,9-10H,4,8H2,1-3H3. The summed E-state index contributed by atoms with van der Waals surface area (Å²) in [6.07, 6.45) is -2.99. The minimum Gasteiger partial charge on any atom is -0.493 e. The molecule has 3 rings (SSSR count). The number of alkyl halides is 3. The van der Waals surface area contributed by atoms with Gasteiger partial charge in [0.25, 0.3) is 0 Å². The fraction of sp³-hybridized carbons (Fsp3) is 0.316. The third-order valence-electron chi connectivity index (χ3n) is 4.25. The summed E-state index contributed by atoms with van der Waals surface area (Å²) in [4.78, 5) is 20.5. The van der Waals surface area contributed by atoms with Crippen molar-refractivity contribution in [1.82, 2.24) is 14.4 Å². The van der Waals surface area contributed by atoms with Crippen LogP contribution in [0.15, 0.2) is 30.5 Å². The summed E-state index contributed by atoms with van der Waals surface area (Å²) in [5, 5.41) is 0. The number of carbonyl (C=O) groups is 1. The molecule has 0 bridgehead atoms. The third-order valence-corrected chi connectivity index (χ3v) is 4.25. The second-order valence-electron chi connectivity index (χ2n) is 6.11. The first-order valence-corrected chi connectivity index (χ1v) is 8.39. The molecule has 0 aromatic carbocycles. The number of imidazole rings is 1. The Morgan fingerprint density at radius 1 is 1.22 bits per heavy atom. The zero-order valence-corrected chi connectivity index (χ0v) is 15.1. The van der Waals surface area contributed by atoms with Crippen molar-refractivity contribution >= 4 is 11.4 Å². The van der Waals surface area contributed by atoms with Gasteiger partial charge in [-0.1, -0.05) is 6.07 Å². The zero-order valence-electron chi connectivity index (χ0n) is 15.1. The van der Waals surface area contributed by atoms with E-state index < -0.39 is 17.7 Å². The number of nitrogens with zero attached hydrogens (tertiary/aromatic N) is 3. The van der Waals surface area contributed by atoms with Gasteiger partial charge >= 0.3 is 6.18 Å². The van der Waals surface area contributed by atoms with Gasteiger partial charge in [0.1, 0.15) is 22.8 Å². The molecule has 0 aliphatic carbocycles. The van der Waals surface area contributed by atoms with Gasteiger partial charge in [0.2, 0.25) is 0 Å². The summed E-state index contributed by atoms with van der Waals surface area (Å²) in [6, 6.07) is 5.03. The van der Waals surface area contributed by atoms with E-state index in [0.717, 1.165) is 17.5 Å². The van der Waals surface area contributed by atoms with Crippen LogP contribution in [0.3, 0.4) is 0 Å². The Morgan fingerprint density at radius 2 is 1.96 bits per heavy atom. The molecule has 0 aliphatic heterocycles. The van der Waals surface area contributed by atoms with Crippen molar-refractivity contribution in [2.45, 2.75) is 33.4 Å². The first-order chi connectivity index (χ1) is 12.7. The van der Waals surface area contributed by atoms with Crippen molar-refractivity contribution in [3.8, 4) is 5.75 Å². The molecule has 0 N–H and O–H groups in total. The van der Waals surface area contributed by atoms with Crippen LogP contribution in [0.5, 0.6) is 5.75 Å². The molecule has 3 aromatic rings. The molecule has 0 spiro atoms. The van der Waals surface area contributed by atoms with Gasteiger partial charge in [0, 0.05) is 29.9 Å². The normalized spacial score (nSPS) is 11.8.